The summed E-state index contributed by atoms with van der Waals surface area (Å²) in [5.41, 5.74) is 0. The van der Waals surface area contributed by atoms with E-state index >= 15 is 0 Å². The number of carbonyl (C=O) groups excluding carboxylic acids is 1. The van der Waals surface area contributed by atoms with Gasteiger partial charge in [-0.25, -0.2) is 0 Å². The van der Waals surface area contributed by atoms with Crippen molar-refractivity contribution in [1.82, 2.24) is 0 Å². The zero-order valence-corrected chi connectivity index (χ0v) is 37.1. The molecular formula is C48H92O9. The number of rotatable bonds is 42. The van der Waals surface area contributed by atoms with Crippen LogP contribution in [0.3, 0.4) is 0 Å². The molecule has 0 aromatic carbocycles. The Morgan fingerprint density at radius 2 is 0.965 bits per heavy atom. The fraction of sp³-hybridized carbons (Fsp3) is 0.938. The number of hydrogen-bond acceptors (Lipinski definition) is 9. The molecule has 0 radical (unpaired) electrons. The molecule has 0 bridgehead atoms. The summed E-state index contributed by atoms with van der Waals surface area (Å²) in [7, 11) is 0. The molecular weight excluding hydrogens is 721 g/mol. The van der Waals surface area contributed by atoms with Crippen molar-refractivity contribution in [2.75, 3.05) is 26.4 Å². The molecule has 0 spiro atoms. The number of aliphatic hydroxyl groups is 4. The minimum Gasteiger partial charge on any atom is -0.457 e. The van der Waals surface area contributed by atoms with Gasteiger partial charge in [-0.3, -0.25) is 4.79 Å². The Bertz CT molecular complexity index is 884. The molecule has 0 amide bonds. The molecule has 1 aliphatic rings. The Balaban J connectivity index is 2.17. The van der Waals surface area contributed by atoms with Crippen LogP contribution in [0.15, 0.2) is 12.2 Å². The van der Waals surface area contributed by atoms with Gasteiger partial charge in [-0.05, 0) is 38.5 Å². The van der Waals surface area contributed by atoms with E-state index in [4.69, 9.17) is 18.9 Å². The van der Waals surface area contributed by atoms with Gasteiger partial charge in [-0.15, -0.1) is 0 Å². The third-order valence-electron chi connectivity index (χ3n) is 11.4. The fourth-order valence-corrected chi connectivity index (χ4v) is 7.61. The first-order valence-electron chi connectivity index (χ1n) is 24.3. The van der Waals surface area contributed by atoms with Crippen molar-refractivity contribution >= 4 is 5.97 Å². The van der Waals surface area contributed by atoms with Crippen LogP contribution < -0.4 is 0 Å². The monoisotopic (exact) mass is 813 g/mol. The molecule has 0 aromatic rings. The molecule has 1 rings (SSSR count). The maximum atomic E-state index is 12.8. The Kier molecular flexibility index (Phi) is 38.2. The highest BCUT2D eigenvalue weighted by Gasteiger charge is 2.44. The van der Waals surface area contributed by atoms with Gasteiger partial charge in [0.2, 0.25) is 0 Å². The van der Waals surface area contributed by atoms with Crippen LogP contribution in [0.5, 0.6) is 0 Å². The second-order valence-electron chi connectivity index (χ2n) is 16.9. The van der Waals surface area contributed by atoms with Crippen molar-refractivity contribution in [1.29, 1.82) is 0 Å². The lowest BCUT2D eigenvalue weighted by atomic mass is 9.99. The third-order valence-corrected chi connectivity index (χ3v) is 11.4. The molecule has 6 unspecified atom stereocenters. The van der Waals surface area contributed by atoms with Crippen LogP contribution in [0.2, 0.25) is 0 Å². The molecule has 1 aliphatic heterocycles. The largest absolute Gasteiger partial charge is 0.457 e. The van der Waals surface area contributed by atoms with E-state index in [0.29, 0.717) is 13.0 Å². The lowest BCUT2D eigenvalue weighted by Crippen LogP contribution is -2.59. The Morgan fingerprint density at radius 3 is 1.46 bits per heavy atom. The van der Waals surface area contributed by atoms with E-state index in [9.17, 15) is 25.2 Å². The molecule has 9 nitrogen and oxygen atoms in total. The minimum absolute atomic E-state index is 0.111. The highest BCUT2D eigenvalue weighted by atomic mass is 16.7. The van der Waals surface area contributed by atoms with Crippen LogP contribution in [-0.4, -0.2) is 89.6 Å². The zero-order valence-electron chi connectivity index (χ0n) is 37.1. The fourth-order valence-electron chi connectivity index (χ4n) is 7.61. The maximum absolute atomic E-state index is 12.8. The van der Waals surface area contributed by atoms with Gasteiger partial charge in [0, 0.05) is 13.0 Å². The number of allylic oxidation sites excluding steroid dienone is 2. The van der Waals surface area contributed by atoms with Crippen molar-refractivity contribution in [3.63, 3.8) is 0 Å². The quantitative estimate of drug-likeness (QED) is 0.0270. The van der Waals surface area contributed by atoms with Gasteiger partial charge in [-0.1, -0.05) is 193 Å². The van der Waals surface area contributed by atoms with E-state index in [0.717, 1.165) is 44.9 Å². The van der Waals surface area contributed by atoms with Crippen LogP contribution in [-0.2, 0) is 23.7 Å². The van der Waals surface area contributed by atoms with E-state index in [1.54, 1.807) is 0 Å². The molecule has 0 aromatic heterocycles. The van der Waals surface area contributed by atoms with Crippen molar-refractivity contribution in [3.05, 3.63) is 12.2 Å². The molecule has 338 valence electrons. The van der Waals surface area contributed by atoms with Gasteiger partial charge in [0.15, 0.2) is 6.29 Å². The number of hydrogen-bond donors (Lipinski definition) is 4. The lowest BCUT2D eigenvalue weighted by molar-refractivity contribution is -0.305. The van der Waals surface area contributed by atoms with Crippen molar-refractivity contribution in [2.24, 2.45) is 0 Å². The normalized spacial score (nSPS) is 20.4. The summed E-state index contributed by atoms with van der Waals surface area (Å²) in [4.78, 5) is 12.8. The van der Waals surface area contributed by atoms with E-state index in [1.165, 1.54) is 161 Å². The van der Waals surface area contributed by atoms with Gasteiger partial charge in [0.25, 0.3) is 0 Å². The molecule has 0 aliphatic carbocycles. The summed E-state index contributed by atoms with van der Waals surface area (Å²) in [6.45, 7) is 4.56. The summed E-state index contributed by atoms with van der Waals surface area (Å²) in [5.74, 6) is -0.319. The summed E-state index contributed by atoms with van der Waals surface area (Å²) in [6, 6.07) is 0. The highest BCUT2D eigenvalue weighted by Crippen LogP contribution is 2.23. The standard InChI is InChI=1S/C48H92O9/c1-3-5-7-9-11-13-15-17-18-19-20-21-22-23-24-25-26-28-30-32-34-36-38-54-40-42(41-55-48-47(53)46(52)45(51)43(39-49)57-48)56-44(50)37-35-33-31-29-27-16-14-12-10-8-6-4-2/h12,14,42-43,45-49,51-53H,3-11,13,15-41H2,1-2H3/b14-12-. The molecule has 1 fully saturated rings. The summed E-state index contributed by atoms with van der Waals surface area (Å²) >= 11 is 0. The smallest absolute Gasteiger partial charge is 0.306 e. The summed E-state index contributed by atoms with van der Waals surface area (Å²) < 4.78 is 22.8. The van der Waals surface area contributed by atoms with Gasteiger partial charge in [0.05, 0.1) is 19.8 Å². The average molecular weight is 813 g/mol. The van der Waals surface area contributed by atoms with Crippen LogP contribution in [0.25, 0.3) is 0 Å². The van der Waals surface area contributed by atoms with E-state index in [-0.39, 0.29) is 19.2 Å². The van der Waals surface area contributed by atoms with Gasteiger partial charge >= 0.3 is 5.97 Å². The zero-order chi connectivity index (χ0) is 41.4. The Hall–Kier alpha value is -1.07. The number of carbonyl (C=O) groups is 1. The number of ether oxygens (including phenoxy) is 4. The average Bonchev–Trinajstić information content (AvgIpc) is 3.21. The van der Waals surface area contributed by atoms with Crippen LogP contribution in [0.1, 0.15) is 226 Å². The number of unbranched alkanes of at least 4 members (excludes halogenated alkanes) is 29. The van der Waals surface area contributed by atoms with Gasteiger partial charge in [0.1, 0.15) is 30.5 Å². The number of esters is 1. The maximum Gasteiger partial charge on any atom is 0.306 e. The molecule has 6 atom stereocenters. The van der Waals surface area contributed by atoms with Crippen molar-refractivity contribution in [2.45, 2.75) is 263 Å². The van der Waals surface area contributed by atoms with Crippen molar-refractivity contribution < 1.29 is 44.2 Å². The van der Waals surface area contributed by atoms with Crippen LogP contribution >= 0.6 is 0 Å². The second kappa shape index (κ2) is 40.3. The third kappa shape index (κ3) is 31.5. The first kappa shape index (κ1) is 53.9. The number of aliphatic hydroxyl groups excluding tert-OH is 4. The first-order valence-corrected chi connectivity index (χ1v) is 24.3. The summed E-state index contributed by atoms with van der Waals surface area (Å²) in [5, 5.41) is 40.1. The van der Waals surface area contributed by atoms with Gasteiger partial charge in [-0.2, -0.15) is 0 Å². The molecule has 1 saturated heterocycles. The molecule has 1 heterocycles. The highest BCUT2D eigenvalue weighted by molar-refractivity contribution is 5.69. The van der Waals surface area contributed by atoms with Crippen LogP contribution in [0, 0.1) is 0 Å². The van der Waals surface area contributed by atoms with Gasteiger partial charge < -0.3 is 39.4 Å². The molecule has 4 N–H and O–H groups in total. The Morgan fingerprint density at radius 1 is 0.544 bits per heavy atom. The molecule has 0 saturated carbocycles. The Labute approximate surface area is 350 Å². The predicted octanol–water partition coefficient (Wildman–Crippen LogP) is 11.2. The molecule has 57 heavy (non-hydrogen) atoms. The van der Waals surface area contributed by atoms with Crippen molar-refractivity contribution in [3.8, 4) is 0 Å². The molecule has 9 heteroatoms. The lowest BCUT2D eigenvalue weighted by Gasteiger charge is -2.39. The SMILES string of the molecule is CCCCC/C=C\CCCCCCCC(=O)OC(COCCCCCCCCCCCCCCCCCCCCCCCC)COC1OC(CO)C(O)C(O)C1O. The van der Waals surface area contributed by atoms with E-state index < -0.39 is 43.4 Å². The second-order valence-corrected chi connectivity index (χ2v) is 16.9. The topological polar surface area (TPSA) is 135 Å². The van der Waals surface area contributed by atoms with E-state index in [2.05, 4.69) is 26.0 Å². The predicted molar refractivity (Wildman–Crippen MR) is 233 cm³/mol. The summed E-state index contributed by atoms with van der Waals surface area (Å²) in [6.07, 6.45) is 38.2. The van der Waals surface area contributed by atoms with E-state index in [1.807, 2.05) is 0 Å². The van der Waals surface area contributed by atoms with Crippen LogP contribution in [0.4, 0.5) is 0 Å². The first-order chi connectivity index (χ1) is 27.9. The minimum atomic E-state index is -1.53.